The predicted octanol–water partition coefficient (Wildman–Crippen LogP) is 5.00. The van der Waals surface area contributed by atoms with Gasteiger partial charge in [-0.3, -0.25) is 9.59 Å². The molecule has 1 saturated heterocycles. The van der Waals surface area contributed by atoms with Gasteiger partial charge in [-0.05, 0) is 32.0 Å². The van der Waals surface area contributed by atoms with Gasteiger partial charge in [-0.15, -0.1) is 11.3 Å². The lowest BCUT2D eigenvalue weighted by atomic mass is 10.2. The molecule has 3 N–H and O–H groups in total. The first kappa shape index (κ1) is 29.0. The van der Waals surface area contributed by atoms with Crippen molar-refractivity contribution in [3.05, 3.63) is 61.9 Å². The zero-order chi connectivity index (χ0) is 28.4. The van der Waals surface area contributed by atoms with Gasteiger partial charge in [0, 0.05) is 12.2 Å². The van der Waals surface area contributed by atoms with Gasteiger partial charge in [0.15, 0.2) is 11.5 Å². The third-order valence-corrected chi connectivity index (χ3v) is 6.96. The van der Waals surface area contributed by atoms with Gasteiger partial charge in [-0.25, -0.2) is 15.0 Å². The Morgan fingerprint density at radius 1 is 1.18 bits per heavy atom. The average molecular weight is 605 g/mol. The normalized spacial score (nSPS) is 16.6. The number of benzene rings is 1. The number of anilines is 2. The summed E-state index contributed by atoms with van der Waals surface area (Å²) in [5.74, 6) is -1.71. The lowest BCUT2D eigenvalue weighted by Gasteiger charge is -2.17. The number of hydrogen-bond donors (Lipinski definition) is 3. The summed E-state index contributed by atoms with van der Waals surface area (Å²) in [5.41, 5.74) is -1.23. The van der Waals surface area contributed by atoms with E-state index in [2.05, 4.69) is 30.9 Å². The Morgan fingerprint density at radius 3 is 2.64 bits per heavy atom. The number of halogens is 5. The number of nitrogens with one attached hydrogen (secondary N) is 3. The van der Waals surface area contributed by atoms with Gasteiger partial charge in [0.1, 0.15) is 33.2 Å². The standard InChI is InChI=1S/C23H21Cl2F3N6O4S/c1-22(2)37-9-12(38-22)6-30-19-17(25)18(32-10-33-19)21(36)31-8-16-29-7-15(39-16)20(35)34-11-3-4-14(24)13(5-11)23(26,27)28/h3-5,7,10,12H,6,8-9H2,1-2H3,(H,31,36)(H,34,35)(H,30,32,33). The second kappa shape index (κ2) is 11.6. The lowest BCUT2D eigenvalue weighted by molar-refractivity contribution is -0.137. The molecule has 4 rings (SSSR count). The summed E-state index contributed by atoms with van der Waals surface area (Å²) < 4.78 is 50.4. The molecule has 0 radical (unpaired) electrons. The molecule has 2 aromatic heterocycles. The van der Waals surface area contributed by atoms with Crippen molar-refractivity contribution < 1.29 is 32.2 Å². The maximum Gasteiger partial charge on any atom is 0.417 e. The van der Waals surface area contributed by atoms with Crippen LogP contribution in [0.2, 0.25) is 10.0 Å². The molecule has 1 aliphatic heterocycles. The zero-order valence-corrected chi connectivity index (χ0v) is 22.7. The van der Waals surface area contributed by atoms with Crippen LogP contribution in [0, 0.1) is 0 Å². The van der Waals surface area contributed by atoms with Crippen molar-refractivity contribution in [3.8, 4) is 0 Å². The van der Waals surface area contributed by atoms with Crippen LogP contribution in [-0.2, 0) is 22.2 Å². The molecule has 2 amide bonds. The van der Waals surface area contributed by atoms with Gasteiger partial charge in [-0.2, -0.15) is 13.2 Å². The number of carbonyl (C=O) groups is 2. The van der Waals surface area contributed by atoms with Crippen molar-refractivity contribution in [1.82, 2.24) is 20.3 Å². The van der Waals surface area contributed by atoms with Crippen molar-refractivity contribution in [2.45, 2.75) is 38.5 Å². The van der Waals surface area contributed by atoms with Crippen LogP contribution in [-0.4, -0.2) is 51.8 Å². The molecule has 10 nitrogen and oxygen atoms in total. The maximum absolute atomic E-state index is 13.1. The van der Waals surface area contributed by atoms with Crippen LogP contribution in [0.15, 0.2) is 30.7 Å². The number of amides is 2. The molecule has 1 atom stereocenters. The Morgan fingerprint density at radius 2 is 1.95 bits per heavy atom. The Balaban J connectivity index is 1.33. The summed E-state index contributed by atoms with van der Waals surface area (Å²) in [6.07, 6.45) is -2.47. The van der Waals surface area contributed by atoms with Crippen LogP contribution in [0.1, 0.15) is 44.6 Å². The van der Waals surface area contributed by atoms with Crippen LogP contribution >= 0.6 is 34.5 Å². The number of ether oxygens (including phenoxy) is 2. The number of thiazole rings is 1. The van der Waals surface area contributed by atoms with E-state index in [1.165, 1.54) is 18.6 Å². The summed E-state index contributed by atoms with van der Waals surface area (Å²) in [4.78, 5) is 37.4. The SMILES string of the molecule is CC1(C)OCC(CNc2ncnc(C(=O)NCc3ncc(C(=O)Nc4ccc(Cl)c(C(F)(F)F)c4)s3)c2Cl)O1. The Kier molecular flexibility index (Phi) is 8.61. The van der Waals surface area contributed by atoms with E-state index in [0.29, 0.717) is 18.2 Å². The van der Waals surface area contributed by atoms with Crippen molar-refractivity contribution in [2.24, 2.45) is 0 Å². The highest BCUT2D eigenvalue weighted by Crippen LogP contribution is 2.36. The van der Waals surface area contributed by atoms with Gasteiger partial charge in [0.25, 0.3) is 11.8 Å². The van der Waals surface area contributed by atoms with E-state index in [1.54, 1.807) is 13.8 Å². The molecule has 0 bridgehead atoms. The van der Waals surface area contributed by atoms with Crippen molar-refractivity contribution >= 4 is 57.9 Å². The number of rotatable bonds is 8. The monoisotopic (exact) mass is 604 g/mol. The van der Waals surface area contributed by atoms with Gasteiger partial charge in [0.2, 0.25) is 0 Å². The van der Waals surface area contributed by atoms with E-state index >= 15 is 0 Å². The minimum atomic E-state index is -4.67. The van der Waals surface area contributed by atoms with Crippen molar-refractivity contribution in [1.29, 1.82) is 0 Å². The summed E-state index contributed by atoms with van der Waals surface area (Å²) in [7, 11) is 0. The van der Waals surface area contributed by atoms with Crippen LogP contribution in [0.3, 0.4) is 0 Å². The highest BCUT2D eigenvalue weighted by atomic mass is 35.5. The Labute approximate surface area is 234 Å². The molecule has 3 aromatic rings. The minimum absolute atomic E-state index is 0.00794. The second-order valence-corrected chi connectivity index (χ2v) is 10.6. The molecule has 39 heavy (non-hydrogen) atoms. The van der Waals surface area contributed by atoms with E-state index in [0.717, 1.165) is 23.5 Å². The fourth-order valence-electron chi connectivity index (χ4n) is 3.48. The summed E-state index contributed by atoms with van der Waals surface area (Å²) in [5, 5.41) is 7.91. The molecule has 1 aliphatic rings. The molecule has 208 valence electrons. The number of alkyl halides is 3. The molecular weight excluding hydrogens is 584 g/mol. The molecule has 3 heterocycles. The first-order chi connectivity index (χ1) is 18.3. The van der Waals surface area contributed by atoms with E-state index in [4.69, 9.17) is 32.7 Å². The van der Waals surface area contributed by atoms with E-state index in [1.807, 2.05) is 0 Å². The topological polar surface area (TPSA) is 127 Å². The summed E-state index contributed by atoms with van der Waals surface area (Å²) in [6.45, 7) is 4.29. The van der Waals surface area contributed by atoms with Crippen molar-refractivity contribution in [3.63, 3.8) is 0 Å². The van der Waals surface area contributed by atoms with Crippen LogP contribution < -0.4 is 16.0 Å². The maximum atomic E-state index is 13.1. The molecule has 0 aliphatic carbocycles. The first-order valence-electron chi connectivity index (χ1n) is 11.3. The van der Waals surface area contributed by atoms with Crippen LogP contribution in [0.4, 0.5) is 24.7 Å². The minimum Gasteiger partial charge on any atom is -0.366 e. The number of aromatic nitrogens is 3. The third-order valence-electron chi connectivity index (χ3n) is 5.28. The Hall–Kier alpha value is -3.04. The average Bonchev–Trinajstić information content (AvgIpc) is 3.48. The fourth-order valence-corrected chi connectivity index (χ4v) is 4.70. The van der Waals surface area contributed by atoms with E-state index in [-0.39, 0.29) is 39.7 Å². The molecule has 16 heteroatoms. The lowest BCUT2D eigenvalue weighted by Crippen LogP contribution is -2.27. The first-order valence-corrected chi connectivity index (χ1v) is 12.9. The largest absolute Gasteiger partial charge is 0.417 e. The van der Waals surface area contributed by atoms with E-state index < -0.39 is 34.4 Å². The van der Waals surface area contributed by atoms with Gasteiger partial charge in [-0.1, -0.05) is 23.2 Å². The molecular formula is C23H21Cl2F3N6O4S. The molecule has 1 unspecified atom stereocenters. The number of carbonyl (C=O) groups excluding carboxylic acids is 2. The zero-order valence-electron chi connectivity index (χ0n) is 20.4. The molecule has 0 saturated carbocycles. The molecule has 1 aromatic carbocycles. The third kappa shape index (κ3) is 7.33. The molecule has 1 fully saturated rings. The smallest absolute Gasteiger partial charge is 0.366 e. The highest BCUT2D eigenvalue weighted by Gasteiger charge is 2.34. The Bertz CT molecular complexity index is 1390. The van der Waals surface area contributed by atoms with Gasteiger partial charge >= 0.3 is 6.18 Å². The molecule has 0 spiro atoms. The fraction of sp³-hybridized carbons (Fsp3) is 0.348. The van der Waals surface area contributed by atoms with E-state index in [9.17, 15) is 22.8 Å². The second-order valence-electron chi connectivity index (χ2n) is 8.66. The van der Waals surface area contributed by atoms with Crippen LogP contribution in [0.5, 0.6) is 0 Å². The summed E-state index contributed by atoms with van der Waals surface area (Å²) >= 11 is 12.9. The number of nitrogens with zero attached hydrogens (tertiary/aromatic N) is 3. The quantitative estimate of drug-likeness (QED) is 0.328. The van der Waals surface area contributed by atoms with Crippen LogP contribution in [0.25, 0.3) is 0 Å². The highest BCUT2D eigenvalue weighted by molar-refractivity contribution is 7.13. The van der Waals surface area contributed by atoms with Gasteiger partial charge in [0.05, 0.1) is 29.9 Å². The van der Waals surface area contributed by atoms with Crippen molar-refractivity contribution in [2.75, 3.05) is 23.8 Å². The summed E-state index contributed by atoms with van der Waals surface area (Å²) in [6, 6.07) is 3.04. The number of hydrogen-bond acceptors (Lipinski definition) is 9. The predicted molar refractivity (Wildman–Crippen MR) is 138 cm³/mol. The van der Waals surface area contributed by atoms with Gasteiger partial charge < -0.3 is 25.4 Å².